The number of nitrogens with zero attached hydrogens (tertiary/aromatic N) is 1. The molecule has 1 N–H and O–H groups in total. The molecular weight excluding hydrogens is 304 g/mol. The molecule has 7 heteroatoms. The summed E-state index contributed by atoms with van der Waals surface area (Å²) >= 11 is 1.59. The number of benzene rings is 1. The summed E-state index contributed by atoms with van der Waals surface area (Å²) in [6, 6.07) is 5.32. The molecule has 0 amide bonds. The summed E-state index contributed by atoms with van der Waals surface area (Å²) in [6.07, 6.45) is 0.548. The van der Waals surface area contributed by atoms with E-state index in [0.717, 1.165) is 27.6 Å². The first-order chi connectivity index (χ1) is 10.8. The number of carbonyl (C=O) groups is 1. The van der Waals surface area contributed by atoms with Gasteiger partial charge >= 0.3 is 5.97 Å². The van der Waals surface area contributed by atoms with Gasteiger partial charge in [-0.1, -0.05) is 6.07 Å². The van der Waals surface area contributed by atoms with E-state index in [9.17, 15) is 4.79 Å². The van der Waals surface area contributed by atoms with Crippen molar-refractivity contribution in [3.8, 4) is 11.5 Å². The highest BCUT2D eigenvalue weighted by atomic mass is 32.1. The average molecular weight is 318 g/mol. The zero-order valence-corrected chi connectivity index (χ0v) is 12.7. The zero-order valence-electron chi connectivity index (χ0n) is 11.9. The van der Waals surface area contributed by atoms with E-state index < -0.39 is 6.04 Å². The Kier molecular flexibility index (Phi) is 3.24. The summed E-state index contributed by atoms with van der Waals surface area (Å²) in [6.45, 7) is 0.244. The second-order valence-corrected chi connectivity index (χ2v) is 6.04. The van der Waals surface area contributed by atoms with Gasteiger partial charge in [-0.15, -0.1) is 11.3 Å². The Labute approximate surface area is 131 Å². The largest absolute Gasteiger partial charge is 0.468 e. The lowest BCUT2D eigenvalue weighted by Gasteiger charge is -2.29. The molecule has 0 saturated heterocycles. The SMILES string of the molecule is COC(=O)[C@H]1Cc2ncsc2[C@@H](c2ccc3c(c2)OCO3)N1. The van der Waals surface area contributed by atoms with Crippen LogP contribution in [0.1, 0.15) is 22.2 Å². The molecule has 4 rings (SSSR count). The van der Waals surface area contributed by atoms with E-state index in [0.29, 0.717) is 6.42 Å². The van der Waals surface area contributed by atoms with Gasteiger partial charge in [-0.2, -0.15) is 0 Å². The summed E-state index contributed by atoms with van der Waals surface area (Å²) < 4.78 is 15.7. The molecule has 114 valence electrons. The highest BCUT2D eigenvalue weighted by molar-refractivity contribution is 7.09. The second-order valence-electron chi connectivity index (χ2n) is 5.16. The Balaban J connectivity index is 1.72. The molecule has 2 aromatic rings. The van der Waals surface area contributed by atoms with E-state index in [-0.39, 0.29) is 18.8 Å². The van der Waals surface area contributed by atoms with Gasteiger partial charge in [0.1, 0.15) is 6.04 Å². The molecule has 0 bridgehead atoms. The van der Waals surface area contributed by atoms with Gasteiger partial charge in [-0.05, 0) is 17.7 Å². The minimum atomic E-state index is -0.393. The molecule has 0 saturated carbocycles. The second kappa shape index (κ2) is 5.26. The van der Waals surface area contributed by atoms with Crippen molar-refractivity contribution in [2.75, 3.05) is 13.9 Å². The highest BCUT2D eigenvalue weighted by Crippen LogP contribution is 2.38. The summed E-state index contributed by atoms with van der Waals surface area (Å²) in [5, 5.41) is 3.35. The van der Waals surface area contributed by atoms with Gasteiger partial charge in [0, 0.05) is 11.3 Å². The lowest BCUT2D eigenvalue weighted by Crippen LogP contribution is -2.45. The Morgan fingerprint density at radius 1 is 1.41 bits per heavy atom. The van der Waals surface area contributed by atoms with Crippen molar-refractivity contribution in [3.05, 3.63) is 39.8 Å². The topological polar surface area (TPSA) is 69.7 Å². The summed E-state index contributed by atoms with van der Waals surface area (Å²) in [4.78, 5) is 17.4. The molecule has 0 unspecified atom stereocenters. The van der Waals surface area contributed by atoms with Crippen LogP contribution in [0.4, 0.5) is 0 Å². The molecule has 0 aliphatic carbocycles. The summed E-state index contributed by atoms with van der Waals surface area (Å²) in [5.41, 5.74) is 3.77. The van der Waals surface area contributed by atoms with Gasteiger partial charge in [0.15, 0.2) is 11.5 Å². The van der Waals surface area contributed by atoms with Crippen LogP contribution in [0.5, 0.6) is 11.5 Å². The molecule has 0 fully saturated rings. The van der Waals surface area contributed by atoms with Crippen LogP contribution in [-0.4, -0.2) is 30.9 Å². The molecule has 2 atom stereocenters. The lowest BCUT2D eigenvalue weighted by molar-refractivity contribution is -0.143. The van der Waals surface area contributed by atoms with Gasteiger partial charge in [-0.3, -0.25) is 10.1 Å². The molecule has 1 aromatic heterocycles. The number of aromatic nitrogens is 1. The maximum atomic E-state index is 11.9. The van der Waals surface area contributed by atoms with Crippen LogP contribution in [0.15, 0.2) is 23.7 Å². The minimum absolute atomic E-state index is 0.102. The van der Waals surface area contributed by atoms with Crippen molar-refractivity contribution in [3.63, 3.8) is 0 Å². The highest BCUT2D eigenvalue weighted by Gasteiger charge is 2.34. The van der Waals surface area contributed by atoms with Crippen molar-refractivity contribution >= 4 is 17.3 Å². The first-order valence-electron chi connectivity index (χ1n) is 6.92. The number of hydrogen-bond acceptors (Lipinski definition) is 7. The van der Waals surface area contributed by atoms with Gasteiger partial charge in [0.25, 0.3) is 0 Å². The molecule has 0 radical (unpaired) electrons. The van der Waals surface area contributed by atoms with Crippen LogP contribution in [0.2, 0.25) is 0 Å². The van der Waals surface area contributed by atoms with Crippen molar-refractivity contribution < 1.29 is 19.0 Å². The third-order valence-corrected chi connectivity index (χ3v) is 4.85. The minimum Gasteiger partial charge on any atom is -0.468 e. The van der Waals surface area contributed by atoms with E-state index in [1.807, 2.05) is 23.7 Å². The van der Waals surface area contributed by atoms with Gasteiger partial charge in [0.05, 0.1) is 24.4 Å². The number of nitrogens with one attached hydrogen (secondary N) is 1. The monoisotopic (exact) mass is 318 g/mol. The normalized spacial score (nSPS) is 22.2. The molecule has 1 aromatic carbocycles. The van der Waals surface area contributed by atoms with E-state index >= 15 is 0 Å². The fourth-order valence-electron chi connectivity index (χ4n) is 2.83. The van der Waals surface area contributed by atoms with Crippen LogP contribution in [0, 0.1) is 0 Å². The fraction of sp³-hybridized carbons (Fsp3) is 0.333. The third-order valence-electron chi connectivity index (χ3n) is 3.92. The molecule has 3 heterocycles. The Hall–Kier alpha value is -2.12. The summed E-state index contributed by atoms with van der Waals surface area (Å²) in [5.74, 6) is 1.20. The predicted molar refractivity (Wildman–Crippen MR) is 79.2 cm³/mol. The molecule has 0 spiro atoms. The predicted octanol–water partition coefficient (Wildman–Crippen LogP) is 1.65. The first kappa shape index (κ1) is 13.5. The molecule has 2 aliphatic heterocycles. The van der Waals surface area contributed by atoms with E-state index in [2.05, 4.69) is 10.3 Å². The number of ether oxygens (including phenoxy) is 3. The van der Waals surface area contributed by atoms with Crippen LogP contribution < -0.4 is 14.8 Å². The zero-order chi connectivity index (χ0) is 15.1. The maximum absolute atomic E-state index is 11.9. The number of methoxy groups -OCH3 is 1. The summed E-state index contributed by atoms with van der Waals surface area (Å²) in [7, 11) is 1.40. The smallest absolute Gasteiger partial charge is 0.323 e. The molecule has 6 nitrogen and oxygen atoms in total. The van der Waals surface area contributed by atoms with Crippen LogP contribution in [0.25, 0.3) is 0 Å². The van der Waals surface area contributed by atoms with Crippen molar-refractivity contribution in [1.82, 2.24) is 10.3 Å². The van der Waals surface area contributed by atoms with E-state index in [1.165, 1.54) is 7.11 Å². The van der Waals surface area contributed by atoms with Crippen molar-refractivity contribution in [1.29, 1.82) is 0 Å². The molecular formula is C15H14N2O4S. The molecule has 2 aliphatic rings. The number of carbonyl (C=O) groups excluding carboxylic acids is 1. The Morgan fingerprint density at radius 2 is 2.27 bits per heavy atom. The number of thiazole rings is 1. The maximum Gasteiger partial charge on any atom is 0.323 e. The van der Waals surface area contributed by atoms with E-state index in [1.54, 1.807) is 11.3 Å². The quantitative estimate of drug-likeness (QED) is 0.849. The molecule has 22 heavy (non-hydrogen) atoms. The van der Waals surface area contributed by atoms with Crippen molar-refractivity contribution in [2.24, 2.45) is 0 Å². The lowest BCUT2D eigenvalue weighted by atomic mass is 9.95. The first-order valence-corrected chi connectivity index (χ1v) is 7.80. The average Bonchev–Trinajstić information content (AvgIpc) is 3.20. The number of fused-ring (bicyclic) bond motifs is 2. The fourth-order valence-corrected chi connectivity index (χ4v) is 3.74. The number of hydrogen-bond donors (Lipinski definition) is 1. The third kappa shape index (κ3) is 2.13. The van der Waals surface area contributed by atoms with Crippen molar-refractivity contribution in [2.45, 2.75) is 18.5 Å². The van der Waals surface area contributed by atoms with Crippen LogP contribution in [-0.2, 0) is 16.0 Å². The van der Waals surface area contributed by atoms with Crippen LogP contribution >= 0.6 is 11.3 Å². The van der Waals surface area contributed by atoms with E-state index in [4.69, 9.17) is 14.2 Å². The van der Waals surface area contributed by atoms with Gasteiger partial charge < -0.3 is 14.2 Å². The van der Waals surface area contributed by atoms with Crippen LogP contribution in [0.3, 0.4) is 0 Å². The Morgan fingerprint density at radius 3 is 3.14 bits per heavy atom. The number of esters is 1. The van der Waals surface area contributed by atoms with Gasteiger partial charge in [0.2, 0.25) is 6.79 Å². The standard InChI is InChI=1S/C15H14N2O4S/c1-19-15(18)10-5-9-14(22-6-16-9)13(17-10)8-2-3-11-12(4-8)21-7-20-11/h2-4,6,10,13,17H,5,7H2,1H3/t10-,13-/m1/s1. The Bertz CT molecular complexity index is 730. The van der Waals surface area contributed by atoms with Gasteiger partial charge in [-0.25, -0.2) is 4.98 Å². The number of rotatable bonds is 2.